The van der Waals surface area contributed by atoms with E-state index in [-0.39, 0.29) is 11.6 Å². The molecule has 0 aliphatic rings. The van der Waals surface area contributed by atoms with Crippen molar-refractivity contribution in [1.82, 2.24) is 5.32 Å². The second-order valence-corrected chi connectivity index (χ2v) is 5.13. The van der Waals surface area contributed by atoms with Crippen LogP contribution in [0.2, 0.25) is 0 Å². The number of carbonyl (C=O) groups is 2. The Labute approximate surface area is 143 Å². The van der Waals surface area contributed by atoms with E-state index in [1.807, 2.05) is 0 Å². The van der Waals surface area contributed by atoms with E-state index in [4.69, 9.17) is 9.47 Å². The molecule has 2 aromatic carbocycles. The second-order valence-electron chi connectivity index (χ2n) is 5.13. The summed E-state index contributed by atoms with van der Waals surface area (Å²) in [6.45, 7) is -0.525. The number of rotatable bonds is 8. The normalized spacial score (nSPS) is 10.2. The smallest absolute Gasteiger partial charge is 0.344 e. The van der Waals surface area contributed by atoms with Gasteiger partial charge in [-0.1, -0.05) is 18.2 Å². The van der Waals surface area contributed by atoms with Crippen LogP contribution in [-0.2, 0) is 20.7 Å². The maximum Gasteiger partial charge on any atom is 0.344 e. The monoisotopic (exact) mass is 349 g/mol. The first kappa shape index (κ1) is 18.4. The lowest BCUT2D eigenvalue weighted by Gasteiger charge is -2.08. The summed E-state index contributed by atoms with van der Waals surface area (Å²) in [6.07, 6.45) is 0.530. The number of esters is 1. The molecule has 0 aliphatic carbocycles. The van der Waals surface area contributed by atoms with Crippen molar-refractivity contribution in [2.24, 2.45) is 0 Å². The molecular formula is C18H17F2NO4. The molecule has 0 atom stereocenters. The highest BCUT2D eigenvalue weighted by atomic mass is 19.1. The summed E-state index contributed by atoms with van der Waals surface area (Å²) >= 11 is 0. The number of carbonyl (C=O) groups excluding carboxylic acids is 2. The van der Waals surface area contributed by atoms with Gasteiger partial charge in [0.05, 0.1) is 0 Å². The molecule has 0 fully saturated rings. The zero-order valence-corrected chi connectivity index (χ0v) is 13.3. The number of ether oxygens (including phenoxy) is 2. The van der Waals surface area contributed by atoms with Crippen molar-refractivity contribution in [3.05, 3.63) is 65.7 Å². The molecule has 0 unspecified atom stereocenters. The largest absolute Gasteiger partial charge is 0.482 e. The minimum atomic E-state index is -0.738. The summed E-state index contributed by atoms with van der Waals surface area (Å²) in [4.78, 5) is 23.0. The van der Waals surface area contributed by atoms with Crippen LogP contribution in [0.5, 0.6) is 5.75 Å². The molecule has 0 spiro atoms. The number of nitrogens with one attached hydrogen (secondary N) is 1. The number of halogens is 2. The Kier molecular flexibility index (Phi) is 6.88. The topological polar surface area (TPSA) is 64.6 Å². The highest BCUT2D eigenvalue weighted by Crippen LogP contribution is 2.11. The van der Waals surface area contributed by atoms with Gasteiger partial charge in [-0.25, -0.2) is 13.6 Å². The third kappa shape index (κ3) is 6.99. The lowest BCUT2D eigenvalue weighted by Crippen LogP contribution is -2.31. The van der Waals surface area contributed by atoms with Crippen LogP contribution >= 0.6 is 0 Å². The molecule has 0 aliphatic heterocycles. The summed E-state index contributed by atoms with van der Waals surface area (Å²) in [7, 11) is 0. The lowest BCUT2D eigenvalue weighted by molar-refractivity contribution is -0.150. The van der Waals surface area contributed by atoms with Gasteiger partial charge < -0.3 is 14.8 Å². The van der Waals surface area contributed by atoms with Crippen LogP contribution in [-0.4, -0.2) is 31.6 Å². The predicted molar refractivity (Wildman–Crippen MR) is 86.0 cm³/mol. The van der Waals surface area contributed by atoms with E-state index in [1.54, 1.807) is 12.1 Å². The molecule has 132 valence electrons. The Morgan fingerprint density at radius 3 is 2.44 bits per heavy atom. The van der Waals surface area contributed by atoms with Crippen molar-refractivity contribution in [2.45, 2.75) is 6.42 Å². The van der Waals surface area contributed by atoms with Crippen LogP contribution in [0.1, 0.15) is 5.56 Å². The van der Waals surface area contributed by atoms with Crippen LogP contribution in [0.25, 0.3) is 0 Å². The van der Waals surface area contributed by atoms with Crippen molar-refractivity contribution < 1.29 is 27.8 Å². The van der Waals surface area contributed by atoms with Crippen molar-refractivity contribution in [3.8, 4) is 5.75 Å². The molecule has 1 amide bonds. The summed E-state index contributed by atoms with van der Waals surface area (Å²) in [5.74, 6) is -1.80. The Morgan fingerprint density at radius 2 is 1.72 bits per heavy atom. The van der Waals surface area contributed by atoms with E-state index in [9.17, 15) is 18.4 Å². The molecule has 0 radical (unpaired) electrons. The molecule has 7 heteroatoms. The van der Waals surface area contributed by atoms with Gasteiger partial charge in [0.25, 0.3) is 5.91 Å². The molecule has 1 N–H and O–H groups in total. The van der Waals surface area contributed by atoms with Crippen LogP contribution in [0.15, 0.2) is 48.5 Å². The minimum absolute atomic E-state index is 0.195. The molecule has 25 heavy (non-hydrogen) atoms. The van der Waals surface area contributed by atoms with E-state index < -0.39 is 30.9 Å². The first-order chi connectivity index (χ1) is 12.0. The quantitative estimate of drug-likeness (QED) is 0.743. The Bertz CT molecular complexity index is 719. The maximum absolute atomic E-state index is 12.9. The van der Waals surface area contributed by atoms with E-state index in [0.717, 1.165) is 11.6 Å². The highest BCUT2D eigenvalue weighted by molar-refractivity contribution is 5.80. The van der Waals surface area contributed by atoms with Gasteiger partial charge in [0.15, 0.2) is 13.2 Å². The molecule has 0 aromatic heterocycles. The van der Waals surface area contributed by atoms with Gasteiger partial charge >= 0.3 is 5.97 Å². The number of hydrogen-bond donors (Lipinski definition) is 1. The van der Waals surface area contributed by atoms with Crippen LogP contribution in [0.4, 0.5) is 8.78 Å². The second kappa shape index (κ2) is 9.36. The third-order valence-electron chi connectivity index (χ3n) is 3.17. The minimum Gasteiger partial charge on any atom is -0.482 e. The molecule has 0 saturated carbocycles. The fourth-order valence-electron chi connectivity index (χ4n) is 1.94. The lowest BCUT2D eigenvalue weighted by atomic mass is 10.1. The van der Waals surface area contributed by atoms with Crippen LogP contribution in [0.3, 0.4) is 0 Å². The molecule has 0 bridgehead atoms. The van der Waals surface area contributed by atoms with E-state index in [2.05, 4.69) is 5.32 Å². The zero-order chi connectivity index (χ0) is 18.1. The Balaban J connectivity index is 1.60. The number of amides is 1. The standard InChI is InChI=1S/C18H17F2NO4/c19-14-6-4-13(5-7-14)8-9-21-17(22)11-25-18(23)12-24-16-3-1-2-15(20)10-16/h1-7,10H,8-9,11-12H2,(H,21,22). The first-order valence-corrected chi connectivity index (χ1v) is 7.58. The zero-order valence-electron chi connectivity index (χ0n) is 13.3. The van der Waals surface area contributed by atoms with Gasteiger partial charge in [-0.3, -0.25) is 4.79 Å². The fourth-order valence-corrected chi connectivity index (χ4v) is 1.94. The van der Waals surface area contributed by atoms with Gasteiger partial charge in [0.2, 0.25) is 0 Å². The fraction of sp³-hybridized carbons (Fsp3) is 0.222. The molecule has 0 heterocycles. The number of benzene rings is 2. The Hall–Kier alpha value is -2.96. The van der Waals surface area contributed by atoms with Crippen LogP contribution in [0, 0.1) is 11.6 Å². The van der Waals surface area contributed by atoms with Gasteiger partial charge in [0.1, 0.15) is 17.4 Å². The van der Waals surface area contributed by atoms with E-state index >= 15 is 0 Å². The van der Waals surface area contributed by atoms with Gasteiger partial charge in [-0.2, -0.15) is 0 Å². The average molecular weight is 349 g/mol. The molecular weight excluding hydrogens is 332 g/mol. The van der Waals surface area contributed by atoms with Gasteiger partial charge in [-0.15, -0.1) is 0 Å². The summed E-state index contributed by atoms with van der Waals surface area (Å²) < 4.78 is 35.5. The van der Waals surface area contributed by atoms with Gasteiger partial charge in [0, 0.05) is 12.6 Å². The van der Waals surface area contributed by atoms with Gasteiger partial charge in [-0.05, 0) is 36.2 Å². The SMILES string of the molecule is O=C(COC(=O)COc1cccc(F)c1)NCCc1ccc(F)cc1. The highest BCUT2D eigenvalue weighted by Gasteiger charge is 2.08. The summed E-state index contributed by atoms with van der Waals surface area (Å²) in [6, 6.07) is 11.3. The molecule has 0 saturated heterocycles. The molecule has 2 rings (SSSR count). The summed E-state index contributed by atoms with van der Waals surface area (Å²) in [5, 5.41) is 2.58. The van der Waals surface area contributed by atoms with Crippen molar-refractivity contribution in [3.63, 3.8) is 0 Å². The van der Waals surface area contributed by atoms with E-state index in [1.165, 1.54) is 30.3 Å². The van der Waals surface area contributed by atoms with Crippen molar-refractivity contribution in [2.75, 3.05) is 19.8 Å². The average Bonchev–Trinajstić information content (AvgIpc) is 2.60. The molecule has 5 nitrogen and oxygen atoms in total. The summed E-state index contributed by atoms with van der Waals surface area (Å²) in [5.41, 5.74) is 0.877. The first-order valence-electron chi connectivity index (χ1n) is 7.58. The number of hydrogen-bond acceptors (Lipinski definition) is 4. The molecule has 2 aromatic rings. The van der Waals surface area contributed by atoms with Crippen molar-refractivity contribution >= 4 is 11.9 Å². The third-order valence-corrected chi connectivity index (χ3v) is 3.17. The van der Waals surface area contributed by atoms with E-state index in [0.29, 0.717) is 13.0 Å². The maximum atomic E-state index is 12.9. The predicted octanol–water partition coefficient (Wildman–Crippen LogP) is 2.25. The van der Waals surface area contributed by atoms with Crippen molar-refractivity contribution in [1.29, 1.82) is 0 Å². The Morgan fingerprint density at radius 1 is 0.960 bits per heavy atom. The van der Waals surface area contributed by atoms with Crippen LogP contribution < -0.4 is 10.1 Å².